The third-order valence-electron chi connectivity index (χ3n) is 3.84. The van der Waals surface area contributed by atoms with Crippen molar-refractivity contribution in [2.75, 3.05) is 0 Å². The summed E-state index contributed by atoms with van der Waals surface area (Å²) in [6, 6.07) is 21.6. The van der Waals surface area contributed by atoms with E-state index >= 15 is 0 Å². The highest BCUT2D eigenvalue weighted by atomic mass is 14.2. The van der Waals surface area contributed by atoms with Gasteiger partial charge in [-0.05, 0) is 35.8 Å². The van der Waals surface area contributed by atoms with Gasteiger partial charge in [0.25, 0.3) is 0 Å². The molecule has 0 aliphatic heterocycles. The molecular formula is C19H22. The summed E-state index contributed by atoms with van der Waals surface area (Å²) in [5, 5.41) is 0. The lowest BCUT2D eigenvalue weighted by Crippen LogP contribution is -2.08. The van der Waals surface area contributed by atoms with Gasteiger partial charge in [-0.25, -0.2) is 0 Å². The first-order valence-electron chi connectivity index (χ1n) is 7.03. The van der Waals surface area contributed by atoms with Gasteiger partial charge in [-0.3, -0.25) is 0 Å². The summed E-state index contributed by atoms with van der Waals surface area (Å²) in [7, 11) is 0. The fourth-order valence-corrected chi connectivity index (χ4v) is 2.69. The van der Waals surface area contributed by atoms with Gasteiger partial charge in [0.2, 0.25) is 0 Å². The number of benzene rings is 2. The van der Waals surface area contributed by atoms with Crippen LogP contribution in [0.2, 0.25) is 0 Å². The zero-order valence-corrected chi connectivity index (χ0v) is 11.6. The SMILES string of the molecule is C=CCC[C@@H](c1ccccc1)[C@H](C)c1ccccc1. The summed E-state index contributed by atoms with van der Waals surface area (Å²) < 4.78 is 0. The van der Waals surface area contributed by atoms with Crippen molar-refractivity contribution in [3.63, 3.8) is 0 Å². The molecule has 0 aliphatic rings. The summed E-state index contributed by atoms with van der Waals surface area (Å²) in [4.78, 5) is 0. The first-order valence-corrected chi connectivity index (χ1v) is 7.03. The topological polar surface area (TPSA) is 0 Å². The van der Waals surface area contributed by atoms with Crippen LogP contribution in [-0.4, -0.2) is 0 Å². The van der Waals surface area contributed by atoms with Crippen LogP contribution in [0.25, 0.3) is 0 Å². The Hall–Kier alpha value is -1.82. The molecule has 0 bridgehead atoms. The van der Waals surface area contributed by atoms with E-state index in [9.17, 15) is 0 Å². The molecule has 2 aromatic rings. The monoisotopic (exact) mass is 250 g/mol. The smallest absolute Gasteiger partial charge is 0.00928 e. The van der Waals surface area contributed by atoms with Crippen molar-refractivity contribution in [1.82, 2.24) is 0 Å². The second kappa shape index (κ2) is 6.94. The van der Waals surface area contributed by atoms with Crippen molar-refractivity contribution in [3.8, 4) is 0 Å². The number of hydrogen-bond donors (Lipinski definition) is 0. The highest BCUT2D eigenvalue weighted by Crippen LogP contribution is 2.36. The van der Waals surface area contributed by atoms with Crippen molar-refractivity contribution in [2.45, 2.75) is 31.6 Å². The molecule has 0 unspecified atom stereocenters. The minimum Gasteiger partial charge on any atom is -0.103 e. The third-order valence-corrected chi connectivity index (χ3v) is 3.84. The van der Waals surface area contributed by atoms with Crippen LogP contribution < -0.4 is 0 Å². The van der Waals surface area contributed by atoms with Crippen LogP contribution in [0.15, 0.2) is 73.3 Å². The fourth-order valence-electron chi connectivity index (χ4n) is 2.69. The molecule has 2 atom stereocenters. The molecule has 0 saturated heterocycles. The zero-order chi connectivity index (χ0) is 13.5. The lowest BCUT2D eigenvalue weighted by molar-refractivity contribution is 0.540. The van der Waals surface area contributed by atoms with Gasteiger partial charge in [0.05, 0.1) is 0 Å². The minimum absolute atomic E-state index is 0.531. The average Bonchev–Trinajstić information content (AvgIpc) is 2.49. The Bertz CT molecular complexity index is 484. The Morgan fingerprint density at radius 1 is 0.895 bits per heavy atom. The Balaban J connectivity index is 2.25. The highest BCUT2D eigenvalue weighted by molar-refractivity contribution is 5.28. The van der Waals surface area contributed by atoms with Crippen LogP contribution in [0.1, 0.15) is 42.7 Å². The normalized spacial score (nSPS) is 13.7. The summed E-state index contributed by atoms with van der Waals surface area (Å²) in [6.07, 6.45) is 4.24. The van der Waals surface area contributed by atoms with Crippen LogP contribution in [0.3, 0.4) is 0 Å². The first-order chi connectivity index (χ1) is 9.33. The van der Waals surface area contributed by atoms with E-state index in [1.165, 1.54) is 11.1 Å². The van der Waals surface area contributed by atoms with Crippen LogP contribution >= 0.6 is 0 Å². The van der Waals surface area contributed by atoms with Crippen molar-refractivity contribution in [1.29, 1.82) is 0 Å². The second-order valence-electron chi connectivity index (χ2n) is 5.08. The van der Waals surface area contributed by atoms with E-state index in [-0.39, 0.29) is 0 Å². The first kappa shape index (κ1) is 13.6. The zero-order valence-electron chi connectivity index (χ0n) is 11.6. The van der Waals surface area contributed by atoms with Gasteiger partial charge in [0.1, 0.15) is 0 Å². The molecule has 0 heterocycles. The largest absolute Gasteiger partial charge is 0.103 e. The Morgan fingerprint density at radius 3 is 1.95 bits per heavy atom. The lowest BCUT2D eigenvalue weighted by Gasteiger charge is -2.24. The minimum atomic E-state index is 0.531. The third kappa shape index (κ3) is 3.57. The quantitative estimate of drug-likeness (QED) is 0.590. The highest BCUT2D eigenvalue weighted by Gasteiger charge is 2.19. The predicted octanol–water partition coefficient (Wildman–Crippen LogP) is 5.54. The van der Waals surface area contributed by atoms with Crippen LogP contribution in [0.4, 0.5) is 0 Å². The van der Waals surface area contributed by atoms with Crippen molar-refractivity contribution >= 4 is 0 Å². The molecule has 0 radical (unpaired) electrons. The molecular weight excluding hydrogens is 228 g/mol. The van der Waals surface area contributed by atoms with Gasteiger partial charge in [-0.15, -0.1) is 6.58 Å². The van der Waals surface area contributed by atoms with Gasteiger partial charge < -0.3 is 0 Å². The lowest BCUT2D eigenvalue weighted by atomic mass is 9.80. The van der Waals surface area contributed by atoms with Crippen LogP contribution in [-0.2, 0) is 0 Å². The fraction of sp³-hybridized carbons (Fsp3) is 0.263. The summed E-state index contributed by atoms with van der Waals surface area (Å²) >= 11 is 0. The Morgan fingerprint density at radius 2 is 1.42 bits per heavy atom. The molecule has 2 rings (SSSR count). The molecule has 0 spiro atoms. The average molecular weight is 250 g/mol. The van der Waals surface area contributed by atoms with E-state index < -0.39 is 0 Å². The predicted molar refractivity (Wildman–Crippen MR) is 83.5 cm³/mol. The number of allylic oxidation sites excluding steroid dienone is 1. The molecule has 98 valence electrons. The standard InChI is InChI=1S/C19H22/c1-3-4-15-19(18-13-9-6-10-14-18)16(2)17-11-7-5-8-12-17/h3,5-14,16,19H,1,4,15H2,2H3/t16-,19-/m1/s1. The molecule has 0 fully saturated rings. The molecule has 2 aromatic carbocycles. The van der Waals surface area contributed by atoms with Gasteiger partial charge in [0.15, 0.2) is 0 Å². The molecule has 0 saturated carbocycles. The summed E-state index contributed by atoms with van der Waals surface area (Å²) in [6.45, 7) is 6.19. The van der Waals surface area contributed by atoms with Crippen molar-refractivity contribution in [3.05, 3.63) is 84.4 Å². The van der Waals surface area contributed by atoms with E-state index in [0.29, 0.717) is 11.8 Å². The molecule has 0 N–H and O–H groups in total. The Labute approximate surface area is 116 Å². The van der Waals surface area contributed by atoms with Gasteiger partial charge in [-0.1, -0.05) is 73.7 Å². The van der Waals surface area contributed by atoms with Crippen molar-refractivity contribution in [2.24, 2.45) is 0 Å². The van der Waals surface area contributed by atoms with Gasteiger partial charge >= 0.3 is 0 Å². The maximum Gasteiger partial charge on any atom is -0.00928 e. The molecule has 0 amide bonds. The number of rotatable bonds is 6. The van der Waals surface area contributed by atoms with Gasteiger partial charge in [-0.2, -0.15) is 0 Å². The van der Waals surface area contributed by atoms with E-state index in [1.807, 2.05) is 6.08 Å². The van der Waals surface area contributed by atoms with E-state index in [1.54, 1.807) is 0 Å². The molecule has 0 heteroatoms. The number of hydrogen-bond acceptors (Lipinski definition) is 0. The van der Waals surface area contributed by atoms with E-state index in [0.717, 1.165) is 12.8 Å². The summed E-state index contributed by atoms with van der Waals surface area (Å²) in [5.41, 5.74) is 2.85. The van der Waals surface area contributed by atoms with Crippen molar-refractivity contribution < 1.29 is 0 Å². The maximum atomic E-state index is 3.86. The molecule has 19 heavy (non-hydrogen) atoms. The van der Waals surface area contributed by atoms with E-state index in [2.05, 4.69) is 74.2 Å². The Kier molecular flexibility index (Phi) is 4.97. The van der Waals surface area contributed by atoms with Crippen LogP contribution in [0, 0.1) is 0 Å². The van der Waals surface area contributed by atoms with Crippen LogP contribution in [0.5, 0.6) is 0 Å². The second-order valence-corrected chi connectivity index (χ2v) is 5.08. The van der Waals surface area contributed by atoms with Gasteiger partial charge in [0, 0.05) is 0 Å². The molecule has 0 nitrogen and oxygen atoms in total. The molecule has 0 aliphatic carbocycles. The molecule has 0 aromatic heterocycles. The summed E-state index contributed by atoms with van der Waals surface area (Å²) in [5.74, 6) is 1.09. The van der Waals surface area contributed by atoms with E-state index in [4.69, 9.17) is 0 Å². The maximum absolute atomic E-state index is 3.86.